The molecule has 98 valence electrons. The van der Waals surface area contributed by atoms with E-state index in [1.807, 2.05) is 13.8 Å². The zero-order valence-electron chi connectivity index (χ0n) is 10.4. The first-order chi connectivity index (χ1) is 8.50. The van der Waals surface area contributed by atoms with Gasteiger partial charge in [0.2, 0.25) is 5.91 Å². The largest absolute Gasteiger partial charge is 0.354 e. The molecule has 0 atom stereocenters. The maximum Gasteiger partial charge on any atom is 0.254 e. The van der Waals surface area contributed by atoms with Crippen LogP contribution in [-0.4, -0.2) is 29.4 Å². The van der Waals surface area contributed by atoms with Crippen LogP contribution < -0.4 is 10.6 Å². The maximum absolute atomic E-state index is 11.7. The van der Waals surface area contributed by atoms with E-state index in [0.29, 0.717) is 5.56 Å². The van der Waals surface area contributed by atoms with E-state index in [-0.39, 0.29) is 36.0 Å². The standard InChI is InChI=1S/C12H16ClN3O2/c1-8(2)16-10(17)5-7-15-12(18)9-4-3-6-14-11(9)13/h3-4,6,8H,5,7H2,1-2H3,(H,15,18)(H,16,17). The number of nitrogens with one attached hydrogen (secondary N) is 2. The highest BCUT2D eigenvalue weighted by molar-refractivity contribution is 6.32. The van der Waals surface area contributed by atoms with Gasteiger partial charge in [0.15, 0.2) is 0 Å². The van der Waals surface area contributed by atoms with Gasteiger partial charge in [-0.3, -0.25) is 9.59 Å². The topological polar surface area (TPSA) is 71.1 Å². The van der Waals surface area contributed by atoms with Gasteiger partial charge in [0.1, 0.15) is 5.15 Å². The number of hydrogen-bond acceptors (Lipinski definition) is 3. The predicted octanol–water partition coefficient (Wildman–Crippen LogP) is 1.38. The highest BCUT2D eigenvalue weighted by Gasteiger charge is 2.10. The van der Waals surface area contributed by atoms with Gasteiger partial charge in [0.05, 0.1) is 5.56 Å². The average Bonchev–Trinajstić information content (AvgIpc) is 2.28. The lowest BCUT2D eigenvalue weighted by Gasteiger charge is -2.09. The van der Waals surface area contributed by atoms with Crippen molar-refractivity contribution in [3.05, 3.63) is 29.0 Å². The number of pyridine rings is 1. The number of amides is 2. The van der Waals surface area contributed by atoms with Gasteiger partial charge < -0.3 is 10.6 Å². The Morgan fingerprint density at radius 3 is 2.78 bits per heavy atom. The summed E-state index contributed by atoms with van der Waals surface area (Å²) in [6, 6.07) is 3.31. The molecular formula is C12H16ClN3O2. The van der Waals surface area contributed by atoms with Crippen molar-refractivity contribution in [1.29, 1.82) is 0 Å². The van der Waals surface area contributed by atoms with E-state index in [9.17, 15) is 9.59 Å². The summed E-state index contributed by atoms with van der Waals surface area (Å²) in [6.45, 7) is 4.03. The first kappa shape index (κ1) is 14.4. The van der Waals surface area contributed by atoms with Crippen LogP contribution in [0.25, 0.3) is 0 Å². The second-order valence-electron chi connectivity index (χ2n) is 4.07. The molecule has 0 aromatic carbocycles. The molecule has 1 aromatic rings. The van der Waals surface area contributed by atoms with Crippen LogP contribution in [0.15, 0.2) is 18.3 Å². The van der Waals surface area contributed by atoms with Crippen molar-refractivity contribution in [1.82, 2.24) is 15.6 Å². The molecule has 18 heavy (non-hydrogen) atoms. The van der Waals surface area contributed by atoms with Crippen molar-refractivity contribution in [3.8, 4) is 0 Å². The zero-order chi connectivity index (χ0) is 13.5. The van der Waals surface area contributed by atoms with Crippen LogP contribution in [0.2, 0.25) is 5.15 Å². The summed E-state index contributed by atoms with van der Waals surface area (Å²) in [6.07, 6.45) is 1.75. The molecule has 0 saturated carbocycles. The normalized spacial score (nSPS) is 10.2. The van der Waals surface area contributed by atoms with Crippen molar-refractivity contribution < 1.29 is 9.59 Å². The fourth-order valence-corrected chi connectivity index (χ4v) is 1.54. The summed E-state index contributed by atoms with van der Waals surface area (Å²) in [5.41, 5.74) is 0.309. The fraction of sp³-hybridized carbons (Fsp3) is 0.417. The molecule has 6 heteroatoms. The molecule has 2 amide bonds. The molecule has 0 saturated heterocycles. The summed E-state index contributed by atoms with van der Waals surface area (Å²) in [7, 11) is 0. The third-order valence-electron chi connectivity index (χ3n) is 2.09. The first-order valence-electron chi connectivity index (χ1n) is 5.68. The van der Waals surface area contributed by atoms with Gasteiger partial charge in [-0.25, -0.2) is 4.98 Å². The molecule has 0 unspecified atom stereocenters. The summed E-state index contributed by atoms with van der Waals surface area (Å²) in [5.74, 6) is -0.423. The van der Waals surface area contributed by atoms with Crippen molar-refractivity contribution in [2.75, 3.05) is 6.54 Å². The van der Waals surface area contributed by atoms with Gasteiger partial charge in [0.25, 0.3) is 5.91 Å². The lowest BCUT2D eigenvalue weighted by molar-refractivity contribution is -0.121. The monoisotopic (exact) mass is 269 g/mol. The Balaban J connectivity index is 2.39. The van der Waals surface area contributed by atoms with Crippen LogP contribution in [-0.2, 0) is 4.79 Å². The molecule has 0 aliphatic rings. The first-order valence-corrected chi connectivity index (χ1v) is 6.06. The Hall–Kier alpha value is -1.62. The molecule has 0 aliphatic heterocycles. The Bertz CT molecular complexity index is 435. The number of nitrogens with zero attached hydrogens (tertiary/aromatic N) is 1. The summed E-state index contributed by atoms with van der Waals surface area (Å²) < 4.78 is 0. The minimum atomic E-state index is -0.328. The Morgan fingerprint density at radius 2 is 2.17 bits per heavy atom. The minimum absolute atomic E-state index is 0.0948. The molecule has 2 N–H and O–H groups in total. The SMILES string of the molecule is CC(C)NC(=O)CCNC(=O)c1cccnc1Cl. The van der Waals surface area contributed by atoms with E-state index in [1.165, 1.54) is 6.20 Å². The number of halogens is 1. The smallest absolute Gasteiger partial charge is 0.254 e. The maximum atomic E-state index is 11.7. The van der Waals surface area contributed by atoms with Crippen molar-refractivity contribution in [2.45, 2.75) is 26.3 Å². The summed E-state index contributed by atoms with van der Waals surface area (Å²) in [4.78, 5) is 26.8. The Labute approximate surface area is 111 Å². The van der Waals surface area contributed by atoms with E-state index >= 15 is 0 Å². The highest BCUT2D eigenvalue weighted by atomic mass is 35.5. The molecule has 5 nitrogen and oxygen atoms in total. The van der Waals surface area contributed by atoms with Crippen LogP contribution in [0.3, 0.4) is 0 Å². The number of aromatic nitrogens is 1. The van der Waals surface area contributed by atoms with Crippen LogP contribution in [0.4, 0.5) is 0 Å². The van der Waals surface area contributed by atoms with Gasteiger partial charge in [0, 0.05) is 25.2 Å². The van der Waals surface area contributed by atoms with Gasteiger partial charge in [-0.1, -0.05) is 11.6 Å². The molecule has 1 aromatic heterocycles. The van der Waals surface area contributed by atoms with E-state index in [0.717, 1.165) is 0 Å². The lowest BCUT2D eigenvalue weighted by Crippen LogP contribution is -2.34. The highest BCUT2D eigenvalue weighted by Crippen LogP contribution is 2.10. The number of hydrogen-bond donors (Lipinski definition) is 2. The molecule has 1 rings (SSSR count). The zero-order valence-corrected chi connectivity index (χ0v) is 11.1. The molecule has 0 aliphatic carbocycles. The second kappa shape index (κ2) is 6.96. The quantitative estimate of drug-likeness (QED) is 0.794. The lowest BCUT2D eigenvalue weighted by atomic mass is 10.2. The molecular weight excluding hydrogens is 254 g/mol. The van der Waals surface area contributed by atoms with Crippen LogP contribution >= 0.6 is 11.6 Å². The number of rotatable bonds is 5. The minimum Gasteiger partial charge on any atom is -0.354 e. The van der Waals surface area contributed by atoms with Crippen LogP contribution in [0.1, 0.15) is 30.6 Å². The molecule has 0 radical (unpaired) electrons. The van der Waals surface area contributed by atoms with Crippen molar-refractivity contribution in [2.24, 2.45) is 0 Å². The summed E-state index contributed by atoms with van der Waals surface area (Å²) in [5, 5.41) is 5.51. The van der Waals surface area contributed by atoms with Crippen LogP contribution in [0.5, 0.6) is 0 Å². The van der Waals surface area contributed by atoms with Crippen molar-refractivity contribution >= 4 is 23.4 Å². The van der Waals surface area contributed by atoms with E-state index in [4.69, 9.17) is 11.6 Å². The van der Waals surface area contributed by atoms with E-state index in [2.05, 4.69) is 15.6 Å². The van der Waals surface area contributed by atoms with E-state index < -0.39 is 0 Å². The van der Waals surface area contributed by atoms with Gasteiger partial charge in [-0.05, 0) is 26.0 Å². The fourth-order valence-electron chi connectivity index (χ4n) is 1.33. The Morgan fingerprint density at radius 1 is 1.44 bits per heavy atom. The summed E-state index contributed by atoms with van der Waals surface area (Å²) >= 11 is 5.78. The molecule has 0 spiro atoms. The predicted molar refractivity (Wildman–Crippen MR) is 69.5 cm³/mol. The van der Waals surface area contributed by atoms with Gasteiger partial charge in [-0.2, -0.15) is 0 Å². The van der Waals surface area contributed by atoms with E-state index in [1.54, 1.807) is 12.1 Å². The molecule has 1 heterocycles. The number of carbonyl (C=O) groups is 2. The third kappa shape index (κ3) is 4.71. The van der Waals surface area contributed by atoms with Gasteiger partial charge >= 0.3 is 0 Å². The second-order valence-corrected chi connectivity index (χ2v) is 4.43. The Kier molecular flexibility index (Phi) is 5.58. The average molecular weight is 270 g/mol. The third-order valence-corrected chi connectivity index (χ3v) is 2.39. The molecule has 0 fully saturated rings. The van der Waals surface area contributed by atoms with Gasteiger partial charge in [-0.15, -0.1) is 0 Å². The van der Waals surface area contributed by atoms with Crippen molar-refractivity contribution in [3.63, 3.8) is 0 Å². The molecule has 0 bridgehead atoms. The number of carbonyl (C=O) groups excluding carboxylic acids is 2. The van der Waals surface area contributed by atoms with Crippen LogP contribution in [0, 0.1) is 0 Å².